The van der Waals surface area contributed by atoms with Gasteiger partial charge in [-0.05, 0) is 29.5 Å². The van der Waals surface area contributed by atoms with Crippen LogP contribution in [-0.2, 0) is 43.4 Å². The van der Waals surface area contributed by atoms with Crippen LogP contribution in [0.2, 0.25) is 0 Å². The summed E-state index contributed by atoms with van der Waals surface area (Å²) in [7, 11) is 0. The maximum absolute atomic E-state index is 13.5. The average Bonchev–Trinajstić information content (AvgIpc) is 3.47. The third kappa shape index (κ3) is 4.51. The number of aromatic nitrogens is 2. The van der Waals surface area contributed by atoms with Crippen molar-refractivity contribution in [3.63, 3.8) is 0 Å². The summed E-state index contributed by atoms with van der Waals surface area (Å²) in [5.41, 5.74) is 1.16. The number of imidazole rings is 1. The zero-order chi connectivity index (χ0) is 27.4. The highest BCUT2D eigenvalue weighted by Gasteiger charge is 2.69. The average molecular weight is 605 g/mol. The first kappa shape index (κ1) is 26.4. The number of halogens is 1. The van der Waals surface area contributed by atoms with E-state index in [1.165, 1.54) is 47.9 Å². The highest BCUT2D eigenvalue weighted by atomic mass is 79.9. The molecule has 2 unspecified atom stereocenters. The molecule has 0 saturated carbocycles. The van der Waals surface area contributed by atoms with Gasteiger partial charge in [0.15, 0.2) is 10.4 Å². The number of thioether (sulfide) groups is 1. The molecular weight excluding hydrogens is 580 g/mol. The fourth-order valence-electron chi connectivity index (χ4n) is 4.88. The number of carbonyl (C=O) groups is 3. The molecule has 3 aliphatic rings. The number of hydrogen-bond acceptors (Lipinski definition) is 9. The van der Waals surface area contributed by atoms with E-state index in [0.717, 1.165) is 25.2 Å². The van der Waals surface area contributed by atoms with Crippen molar-refractivity contribution >= 4 is 51.2 Å². The molecule has 0 bridgehead atoms. The summed E-state index contributed by atoms with van der Waals surface area (Å²) in [6, 6.07) is 5.65. The van der Waals surface area contributed by atoms with Gasteiger partial charge in [0.2, 0.25) is 0 Å². The number of hydrogen-bond donors (Lipinski definition) is 0. The SMILES string of the molecule is CC(=O)OC(c1cn2c(n1)CCC(C)(C)C2)C1(Br)C(=O)N2C(C(=O)OCc3ccc([N+](=O)[O-])cc3)=CS[C@@H]21. The predicted molar refractivity (Wildman–Crippen MR) is 140 cm³/mol. The maximum Gasteiger partial charge on any atom is 0.355 e. The van der Waals surface area contributed by atoms with Gasteiger partial charge in [-0.2, -0.15) is 0 Å². The minimum atomic E-state index is -1.32. The number of amides is 1. The number of non-ortho nitro benzene ring substituents is 1. The molecule has 11 nitrogen and oxygen atoms in total. The predicted octanol–water partition coefficient (Wildman–Crippen LogP) is 4.00. The summed E-state index contributed by atoms with van der Waals surface area (Å²) in [4.78, 5) is 54.8. The van der Waals surface area contributed by atoms with Crippen LogP contribution in [0, 0.1) is 15.5 Å². The van der Waals surface area contributed by atoms with Gasteiger partial charge in [-0.15, -0.1) is 11.8 Å². The Bertz CT molecular complexity index is 1370. The van der Waals surface area contributed by atoms with Crippen LogP contribution in [-0.4, -0.2) is 46.9 Å². The summed E-state index contributed by atoms with van der Waals surface area (Å²) in [5.74, 6) is -0.817. The Morgan fingerprint density at radius 1 is 1.32 bits per heavy atom. The summed E-state index contributed by atoms with van der Waals surface area (Å²) in [6.45, 7) is 6.30. The monoisotopic (exact) mass is 604 g/mol. The number of nitrogens with zero attached hydrogens (tertiary/aromatic N) is 4. The summed E-state index contributed by atoms with van der Waals surface area (Å²) >= 11 is 4.82. The molecule has 4 heterocycles. The number of fused-ring (bicyclic) bond motifs is 2. The minimum absolute atomic E-state index is 0.0673. The molecule has 3 aliphatic heterocycles. The Morgan fingerprint density at radius 2 is 2.03 bits per heavy atom. The summed E-state index contributed by atoms with van der Waals surface area (Å²) < 4.78 is 11.8. The first-order chi connectivity index (χ1) is 17.9. The maximum atomic E-state index is 13.5. The van der Waals surface area contributed by atoms with Crippen molar-refractivity contribution in [1.29, 1.82) is 0 Å². The molecule has 1 saturated heterocycles. The lowest BCUT2D eigenvalue weighted by atomic mass is 9.85. The van der Waals surface area contributed by atoms with Crippen molar-refractivity contribution in [2.75, 3.05) is 0 Å². The van der Waals surface area contributed by atoms with Crippen molar-refractivity contribution in [3.05, 3.63) is 68.8 Å². The number of ether oxygens (including phenoxy) is 2. The molecule has 0 spiro atoms. The highest BCUT2D eigenvalue weighted by Crippen LogP contribution is 2.58. The summed E-state index contributed by atoms with van der Waals surface area (Å²) in [5, 5.41) is 11.8. The number of carbonyl (C=O) groups excluding carboxylic acids is 3. The van der Waals surface area contributed by atoms with Crippen LogP contribution in [0.15, 0.2) is 41.6 Å². The number of alkyl halides is 1. The van der Waals surface area contributed by atoms with Gasteiger partial charge in [-0.25, -0.2) is 9.78 Å². The molecule has 3 atom stereocenters. The number of esters is 2. The third-order valence-electron chi connectivity index (χ3n) is 6.87. The molecule has 5 rings (SSSR count). The van der Waals surface area contributed by atoms with Gasteiger partial charge in [0.25, 0.3) is 11.6 Å². The van der Waals surface area contributed by atoms with Gasteiger partial charge in [-0.1, -0.05) is 29.8 Å². The van der Waals surface area contributed by atoms with E-state index in [2.05, 4.69) is 29.8 Å². The first-order valence-electron chi connectivity index (χ1n) is 11.9. The Morgan fingerprint density at radius 3 is 2.68 bits per heavy atom. The van der Waals surface area contributed by atoms with Crippen molar-refractivity contribution in [1.82, 2.24) is 14.5 Å². The molecule has 2 aromatic rings. The van der Waals surface area contributed by atoms with Crippen LogP contribution < -0.4 is 0 Å². The lowest BCUT2D eigenvalue weighted by molar-refractivity contribution is -0.384. The van der Waals surface area contributed by atoms with Gasteiger partial charge < -0.3 is 14.0 Å². The van der Waals surface area contributed by atoms with Crippen molar-refractivity contribution < 1.29 is 28.8 Å². The lowest BCUT2D eigenvalue weighted by Gasteiger charge is -2.51. The van der Waals surface area contributed by atoms with Crippen molar-refractivity contribution in [2.24, 2.45) is 5.41 Å². The number of aryl methyl sites for hydroxylation is 1. The highest BCUT2D eigenvalue weighted by molar-refractivity contribution is 9.10. The van der Waals surface area contributed by atoms with Crippen LogP contribution >= 0.6 is 27.7 Å². The molecule has 200 valence electrons. The van der Waals surface area contributed by atoms with Gasteiger partial charge >= 0.3 is 11.9 Å². The second-order valence-electron chi connectivity index (χ2n) is 10.3. The van der Waals surface area contributed by atoms with E-state index < -0.39 is 38.6 Å². The Balaban J connectivity index is 1.31. The van der Waals surface area contributed by atoms with E-state index >= 15 is 0 Å². The molecule has 1 fully saturated rings. The Labute approximate surface area is 230 Å². The van der Waals surface area contributed by atoms with Crippen LogP contribution in [0.25, 0.3) is 0 Å². The van der Waals surface area contributed by atoms with Crippen LogP contribution in [0.5, 0.6) is 0 Å². The molecule has 1 amide bonds. The lowest BCUT2D eigenvalue weighted by Crippen LogP contribution is -2.70. The van der Waals surface area contributed by atoms with E-state index in [-0.39, 0.29) is 23.4 Å². The number of nitro groups is 1. The van der Waals surface area contributed by atoms with E-state index in [0.29, 0.717) is 11.3 Å². The molecular formula is C25H25BrN4O7S. The molecule has 0 N–H and O–H groups in total. The van der Waals surface area contributed by atoms with Crippen molar-refractivity contribution in [3.8, 4) is 0 Å². The third-order valence-corrected chi connectivity index (χ3v) is 9.56. The van der Waals surface area contributed by atoms with Gasteiger partial charge in [-0.3, -0.25) is 24.6 Å². The number of β-lactam (4-membered cyclic amide) rings is 1. The van der Waals surface area contributed by atoms with Crippen LogP contribution in [0.4, 0.5) is 5.69 Å². The number of nitro benzene ring substituents is 1. The van der Waals surface area contributed by atoms with Crippen LogP contribution in [0.1, 0.15) is 50.4 Å². The van der Waals surface area contributed by atoms with Gasteiger partial charge in [0.1, 0.15) is 29.2 Å². The number of benzene rings is 1. The zero-order valence-corrected chi connectivity index (χ0v) is 23.3. The van der Waals surface area contributed by atoms with Gasteiger partial charge in [0, 0.05) is 43.6 Å². The number of rotatable bonds is 7. The summed E-state index contributed by atoms with van der Waals surface area (Å²) in [6.07, 6.45) is 2.60. The molecule has 1 aromatic heterocycles. The fraction of sp³-hybridized carbons (Fsp3) is 0.440. The molecule has 0 aliphatic carbocycles. The minimum Gasteiger partial charge on any atom is -0.456 e. The molecule has 0 radical (unpaired) electrons. The Hall–Kier alpha value is -3.19. The van der Waals surface area contributed by atoms with E-state index in [4.69, 9.17) is 14.5 Å². The van der Waals surface area contributed by atoms with E-state index in [1.807, 2.05) is 10.8 Å². The first-order valence-corrected chi connectivity index (χ1v) is 13.7. The van der Waals surface area contributed by atoms with Crippen molar-refractivity contribution in [2.45, 2.75) is 62.6 Å². The second-order valence-corrected chi connectivity index (χ2v) is 12.6. The second kappa shape index (κ2) is 9.53. The smallest absolute Gasteiger partial charge is 0.355 e. The largest absolute Gasteiger partial charge is 0.456 e. The molecule has 38 heavy (non-hydrogen) atoms. The van der Waals surface area contributed by atoms with E-state index in [1.54, 1.807) is 5.41 Å². The quantitative estimate of drug-likeness (QED) is 0.151. The fourth-order valence-corrected chi connectivity index (χ4v) is 7.15. The molecule has 1 aromatic carbocycles. The zero-order valence-electron chi connectivity index (χ0n) is 20.9. The normalized spacial score (nSPS) is 24.0. The molecule has 13 heteroatoms. The van der Waals surface area contributed by atoms with Crippen LogP contribution in [0.3, 0.4) is 0 Å². The topological polar surface area (TPSA) is 134 Å². The van der Waals surface area contributed by atoms with Gasteiger partial charge in [0.05, 0.1) is 4.92 Å². The standard InChI is InChI=1S/C25H25BrN4O7S/c1-14(31)37-20(17-10-28-13-24(2,3)9-8-19(28)27-17)25(26)22(33)29-18(12-38-23(25)29)21(32)36-11-15-4-6-16(7-5-15)30(34)35/h4-7,10,12,20,23H,8-9,11,13H2,1-3H3/t20?,23-,25?/m1/s1. The Kier molecular flexibility index (Phi) is 6.62. The van der Waals surface area contributed by atoms with E-state index in [9.17, 15) is 24.5 Å².